The van der Waals surface area contributed by atoms with Crippen LogP contribution >= 0.6 is 0 Å². The molecular formula is C27H38N4O2. The lowest BCUT2D eigenvalue weighted by atomic mass is 9.77. The van der Waals surface area contributed by atoms with Gasteiger partial charge in [-0.1, -0.05) is 12.1 Å². The third-order valence-electron chi connectivity index (χ3n) is 6.82. The van der Waals surface area contributed by atoms with Gasteiger partial charge in [-0.25, -0.2) is 9.97 Å². The van der Waals surface area contributed by atoms with Gasteiger partial charge in [-0.05, 0) is 69.7 Å². The molecule has 1 unspecified atom stereocenters. The molecule has 4 rings (SSSR count). The Balaban J connectivity index is 1.59. The van der Waals surface area contributed by atoms with E-state index in [1.54, 1.807) is 7.11 Å². The van der Waals surface area contributed by atoms with Crippen molar-refractivity contribution in [3.8, 4) is 11.5 Å². The number of methoxy groups -OCH3 is 1. The van der Waals surface area contributed by atoms with Crippen molar-refractivity contribution >= 4 is 5.95 Å². The van der Waals surface area contributed by atoms with Crippen LogP contribution in [-0.4, -0.2) is 55.3 Å². The maximum Gasteiger partial charge on any atom is 0.225 e. The molecule has 33 heavy (non-hydrogen) atoms. The smallest absolute Gasteiger partial charge is 0.225 e. The molecule has 6 nitrogen and oxygen atoms in total. The van der Waals surface area contributed by atoms with Gasteiger partial charge in [-0.2, -0.15) is 0 Å². The van der Waals surface area contributed by atoms with E-state index in [0.29, 0.717) is 0 Å². The molecule has 0 amide bonds. The normalized spacial score (nSPS) is 20.2. The Kier molecular flexibility index (Phi) is 6.94. The minimum atomic E-state index is 0.0896. The van der Waals surface area contributed by atoms with Gasteiger partial charge < -0.3 is 14.4 Å². The van der Waals surface area contributed by atoms with E-state index in [0.717, 1.165) is 61.9 Å². The number of anilines is 1. The van der Waals surface area contributed by atoms with Gasteiger partial charge in [0.2, 0.25) is 5.95 Å². The van der Waals surface area contributed by atoms with Crippen LogP contribution in [0.2, 0.25) is 0 Å². The molecule has 1 saturated heterocycles. The number of hydrogen-bond donors (Lipinski definition) is 0. The van der Waals surface area contributed by atoms with E-state index in [1.165, 1.54) is 29.7 Å². The van der Waals surface area contributed by atoms with Crippen LogP contribution in [0.3, 0.4) is 0 Å². The highest BCUT2D eigenvalue weighted by atomic mass is 16.5. The molecule has 1 aromatic carbocycles. The molecule has 0 N–H and O–H groups in total. The van der Waals surface area contributed by atoms with E-state index in [9.17, 15) is 0 Å². The molecule has 1 spiro atoms. The molecule has 1 atom stereocenters. The van der Waals surface area contributed by atoms with Crippen molar-refractivity contribution < 1.29 is 9.47 Å². The van der Waals surface area contributed by atoms with Crippen LogP contribution in [0.5, 0.6) is 11.5 Å². The number of allylic oxidation sites excluding steroid dienone is 1. The number of fused-ring (bicyclic) bond motifs is 2. The lowest BCUT2D eigenvalue weighted by Gasteiger charge is -2.40. The number of piperidine rings is 1. The molecule has 2 heterocycles. The molecule has 1 aromatic heterocycles. The van der Waals surface area contributed by atoms with Crippen LogP contribution < -0.4 is 14.4 Å². The molecule has 1 aliphatic carbocycles. The second-order valence-electron chi connectivity index (χ2n) is 9.98. The van der Waals surface area contributed by atoms with Crippen LogP contribution in [0.15, 0.2) is 31.0 Å². The molecule has 2 aliphatic rings. The lowest BCUT2D eigenvalue weighted by molar-refractivity contribution is 0.136. The SMILES string of the molecule is C=CCc1cc(CN2CCCC3(CCc4cnc(N(C)C)nc43)C2)cc(OC)c1OC(C)C. The maximum absolute atomic E-state index is 6.11. The maximum atomic E-state index is 6.11. The van der Waals surface area contributed by atoms with Crippen molar-refractivity contribution in [3.05, 3.63) is 53.4 Å². The highest BCUT2D eigenvalue weighted by Crippen LogP contribution is 2.45. The topological polar surface area (TPSA) is 50.7 Å². The summed E-state index contributed by atoms with van der Waals surface area (Å²) in [6, 6.07) is 4.40. The van der Waals surface area contributed by atoms with Crippen LogP contribution in [0.25, 0.3) is 0 Å². The molecule has 178 valence electrons. The van der Waals surface area contributed by atoms with Crippen LogP contribution in [0.1, 0.15) is 55.5 Å². The van der Waals surface area contributed by atoms with Crippen molar-refractivity contribution in [2.24, 2.45) is 0 Å². The summed E-state index contributed by atoms with van der Waals surface area (Å²) in [6.07, 6.45) is 9.45. The summed E-state index contributed by atoms with van der Waals surface area (Å²) >= 11 is 0. The van der Waals surface area contributed by atoms with Crippen molar-refractivity contribution in [2.75, 3.05) is 39.2 Å². The number of ether oxygens (including phenoxy) is 2. The summed E-state index contributed by atoms with van der Waals surface area (Å²) in [4.78, 5) is 14.2. The zero-order valence-corrected chi connectivity index (χ0v) is 20.9. The lowest BCUT2D eigenvalue weighted by Crippen LogP contribution is -2.45. The Bertz CT molecular complexity index is 1000. The number of aromatic nitrogens is 2. The Morgan fingerprint density at radius 2 is 2.09 bits per heavy atom. The fourth-order valence-electron chi connectivity index (χ4n) is 5.41. The number of rotatable bonds is 8. The van der Waals surface area contributed by atoms with Gasteiger partial charge in [0.15, 0.2) is 11.5 Å². The van der Waals surface area contributed by atoms with E-state index >= 15 is 0 Å². The van der Waals surface area contributed by atoms with Crippen molar-refractivity contribution in [1.29, 1.82) is 0 Å². The molecule has 0 radical (unpaired) electrons. The first-order valence-corrected chi connectivity index (χ1v) is 12.1. The first-order valence-electron chi connectivity index (χ1n) is 12.1. The molecule has 1 aliphatic heterocycles. The van der Waals surface area contributed by atoms with Gasteiger partial charge in [-0.15, -0.1) is 6.58 Å². The van der Waals surface area contributed by atoms with Crippen LogP contribution in [0, 0.1) is 0 Å². The Morgan fingerprint density at radius 1 is 1.27 bits per heavy atom. The summed E-state index contributed by atoms with van der Waals surface area (Å²) in [5.74, 6) is 2.45. The first-order chi connectivity index (χ1) is 15.8. The molecule has 6 heteroatoms. The van der Waals surface area contributed by atoms with Crippen LogP contribution in [0.4, 0.5) is 5.95 Å². The van der Waals surface area contributed by atoms with Gasteiger partial charge in [-0.3, -0.25) is 4.90 Å². The minimum absolute atomic E-state index is 0.0896. The average molecular weight is 451 g/mol. The zero-order chi connectivity index (χ0) is 23.6. The minimum Gasteiger partial charge on any atom is -0.493 e. The first kappa shape index (κ1) is 23.6. The second-order valence-corrected chi connectivity index (χ2v) is 9.98. The Labute approximate surface area is 198 Å². The molecule has 2 aromatic rings. The fourth-order valence-corrected chi connectivity index (χ4v) is 5.41. The number of aryl methyl sites for hydroxylation is 1. The van der Waals surface area contributed by atoms with E-state index in [-0.39, 0.29) is 11.5 Å². The molecule has 0 saturated carbocycles. The van der Waals surface area contributed by atoms with Gasteiger partial charge in [0.05, 0.1) is 18.9 Å². The fraction of sp³-hybridized carbons (Fsp3) is 0.556. The van der Waals surface area contributed by atoms with E-state index < -0.39 is 0 Å². The Hall–Kier alpha value is -2.60. The summed E-state index contributed by atoms with van der Waals surface area (Å²) in [6.45, 7) is 11.1. The number of hydrogen-bond acceptors (Lipinski definition) is 6. The summed E-state index contributed by atoms with van der Waals surface area (Å²) in [5.41, 5.74) is 5.13. The number of nitrogens with zero attached hydrogens (tertiary/aromatic N) is 4. The zero-order valence-electron chi connectivity index (χ0n) is 20.9. The molecule has 1 fully saturated rings. The Morgan fingerprint density at radius 3 is 2.79 bits per heavy atom. The summed E-state index contributed by atoms with van der Waals surface area (Å²) in [7, 11) is 5.74. The highest BCUT2D eigenvalue weighted by molar-refractivity contribution is 5.50. The van der Waals surface area contributed by atoms with Crippen molar-refractivity contribution in [1.82, 2.24) is 14.9 Å². The summed E-state index contributed by atoms with van der Waals surface area (Å²) < 4.78 is 11.8. The van der Waals surface area contributed by atoms with Gasteiger partial charge >= 0.3 is 0 Å². The second kappa shape index (κ2) is 9.72. The number of likely N-dealkylation sites (tertiary alicyclic amines) is 1. The quantitative estimate of drug-likeness (QED) is 0.550. The predicted molar refractivity (Wildman–Crippen MR) is 134 cm³/mol. The third-order valence-corrected chi connectivity index (χ3v) is 6.82. The predicted octanol–water partition coefficient (Wildman–Crippen LogP) is 4.55. The van der Waals surface area contributed by atoms with Crippen LogP contribution in [-0.2, 0) is 24.8 Å². The highest BCUT2D eigenvalue weighted by Gasteiger charge is 2.43. The van der Waals surface area contributed by atoms with E-state index in [4.69, 9.17) is 14.5 Å². The molecular weight excluding hydrogens is 412 g/mol. The van der Waals surface area contributed by atoms with Crippen molar-refractivity contribution in [3.63, 3.8) is 0 Å². The van der Waals surface area contributed by atoms with Gasteiger partial charge in [0.1, 0.15) is 0 Å². The largest absolute Gasteiger partial charge is 0.493 e. The van der Waals surface area contributed by atoms with E-state index in [2.05, 4.69) is 28.6 Å². The summed E-state index contributed by atoms with van der Waals surface area (Å²) in [5, 5.41) is 0. The van der Waals surface area contributed by atoms with E-state index in [1.807, 2.05) is 45.1 Å². The average Bonchev–Trinajstić information content (AvgIpc) is 3.12. The van der Waals surface area contributed by atoms with Gasteiger partial charge in [0, 0.05) is 44.4 Å². The number of benzene rings is 1. The monoisotopic (exact) mass is 450 g/mol. The third kappa shape index (κ3) is 4.86. The van der Waals surface area contributed by atoms with Crippen molar-refractivity contribution in [2.45, 2.75) is 64.0 Å². The standard InChI is InChI=1S/C27H38N4O2/c1-7-9-21-14-20(15-23(32-6)24(21)33-19(2)3)17-31-13-8-11-27(18-31)12-10-22-16-28-26(30(4)5)29-25(22)27/h7,14-16,19H,1,8-13,17-18H2,2-6H3. The molecule has 0 bridgehead atoms. The van der Waals surface area contributed by atoms with Gasteiger partial charge in [0.25, 0.3) is 0 Å².